The van der Waals surface area contributed by atoms with E-state index < -0.39 is 5.25 Å². The van der Waals surface area contributed by atoms with Crippen LogP contribution in [0, 0.1) is 0 Å². The molecule has 0 aliphatic heterocycles. The first-order chi connectivity index (χ1) is 3.06. The van der Waals surface area contributed by atoms with E-state index in [0.29, 0.717) is 6.42 Å². The minimum Gasteiger partial charge on any atom is -0.195 e. The molecule has 0 unspecified atom stereocenters. The lowest BCUT2D eigenvalue weighted by Crippen LogP contribution is -2.03. The molecule has 0 bridgehead atoms. The van der Waals surface area contributed by atoms with E-state index in [2.05, 4.69) is 12.6 Å². The summed E-state index contributed by atoms with van der Waals surface area (Å²) in [5.41, 5.74) is 0. The zero-order valence-electron chi connectivity index (χ0n) is 4.12. The van der Waals surface area contributed by atoms with Gasteiger partial charge < -0.3 is 0 Å². The molecule has 0 N–H and O–H groups in total. The standard InChI is InChI=1S/C4H8F2S/c1-2-3-4(5,6)7/h7H,2-3H2,1H3. The van der Waals surface area contributed by atoms with Crippen molar-refractivity contribution in [2.75, 3.05) is 0 Å². The Bertz CT molecular complexity index is 48.1. The van der Waals surface area contributed by atoms with Gasteiger partial charge in [0, 0.05) is 6.42 Å². The van der Waals surface area contributed by atoms with Gasteiger partial charge in [-0.25, -0.2) is 0 Å². The van der Waals surface area contributed by atoms with Crippen molar-refractivity contribution in [2.24, 2.45) is 0 Å². The Morgan fingerprint density at radius 1 is 1.57 bits per heavy atom. The van der Waals surface area contributed by atoms with Crippen molar-refractivity contribution in [1.29, 1.82) is 0 Å². The lowest BCUT2D eigenvalue weighted by molar-refractivity contribution is 0.0974. The smallest absolute Gasteiger partial charge is 0.195 e. The van der Waals surface area contributed by atoms with Gasteiger partial charge in [0.15, 0.2) is 0 Å². The Morgan fingerprint density at radius 2 is 2.00 bits per heavy atom. The molecule has 0 aromatic rings. The van der Waals surface area contributed by atoms with Gasteiger partial charge in [-0.2, -0.15) is 8.78 Å². The third kappa shape index (κ3) is 6.21. The van der Waals surface area contributed by atoms with Gasteiger partial charge >= 0.3 is 0 Å². The van der Waals surface area contributed by atoms with Crippen LogP contribution in [0.25, 0.3) is 0 Å². The molecule has 0 atom stereocenters. The molecule has 0 saturated carbocycles. The Labute approximate surface area is 47.3 Å². The largest absolute Gasteiger partial charge is 0.291 e. The molecular weight excluding hydrogens is 118 g/mol. The molecule has 0 nitrogen and oxygen atoms in total. The van der Waals surface area contributed by atoms with E-state index in [1.54, 1.807) is 6.92 Å². The Balaban J connectivity index is 3.15. The van der Waals surface area contributed by atoms with Crippen LogP contribution in [0.1, 0.15) is 19.8 Å². The van der Waals surface area contributed by atoms with Crippen molar-refractivity contribution >= 4 is 12.6 Å². The van der Waals surface area contributed by atoms with E-state index in [4.69, 9.17) is 0 Å². The Hall–Kier alpha value is 0.210. The van der Waals surface area contributed by atoms with Crippen LogP contribution in [0.3, 0.4) is 0 Å². The van der Waals surface area contributed by atoms with Crippen LogP contribution in [0.2, 0.25) is 0 Å². The van der Waals surface area contributed by atoms with Crippen molar-refractivity contribution in [3.05, 3.63) is 0 Å². The fraction of sp³-hybridized carbons (Fsp3) is 1.00. The lowest BCUT2D eigenvalue weighted by Gasteiger charge is -2.04. The fourth-order valence-electron chi connectivity index (χ4n) is 0.301. The second-order valence-electron chi connectivity index (χ2n) is 1.42. The monoisotopic (exact) mass is 126 g/mol. The summed E-state index contributed by atoms with van der Waals surface area (Å²) < 4.78 is 23.2. The van der Waals surface area contributed by atoms with E-state index in [0.717, 1.165) is 0 Å². The van der Waals surface area contributed by atoms with Crippen molar-refractivity contribution in [1.82, 2.24) is 0 Å². The van der Waals surface area contributed by atoms with Crippen molar-refractivity contribution in [2.45, 2.75) is 25.0 Å². The molecular formula is C4H8F2S. The molecule has 0 aromatic heterocycles. The van der Waals surface area contributed by atoms with Crippen LogP contribution in [-0.2, 0) is 0 Å². The Kier molecular flexibility index (Phi) is 2.58. The summed E-state index contributed by atoms with van der Waals surface area (Å²) in [7, 11) is 0. The first kappa shape index (κ1) is 7.21. The number of alkyl halides is 2. The average Bonchev–Trinajstić information content (AvgIpc) is 1.30. The highest BCUT2D eigenvalue weighted by Gasteiger charge is 2.19. The summed E-state index contributed by atoms with van der Waals surface area (Å²) in [5.74, 6) is 0. The molecule has 0 aromatic carbocycles. The SMILES string of the molecule is CCCC(F)(F)S. The number of rotatable bonds is 2. The minimum atomic E-state index is -2.76. The van der Waals surface area contributed by atoms with E-state index in [-0.39, 0.29) is 6.42 Å². The normalized spacial score (nSPS) is 12.0. The molecule has 0 fully saturated rings. The van der Waals surface area contributed by atoms with Gasteiger partial charge in [0.1, 0.15) is 0 Å². The fourth-order valence-corrected chi connectivity index (χ4v) is 0.524. The predicted octanol–water partition coefficient (Wildman–Crippen LogP) is 2.31. The van der Waals surface area contributed by atoms with Gasteiger partial charge in [0.25, 0.3) is 5.25 Å². The van der Waals surface area contributed by atoms with E-state index in [9.17, 15) is 8.78 Å². The van der Waals surface area contributed by atoms with Gasteiger partial charge in [0.2, 0.25) is 0 Å². The van der Waals surface area contributed by atoms with Gasteiger partial charge in [-0.3, -0.25) is 0 Å². The topological polar surface area (TPSA) is 0 Å². The summed E-state index contributed by atoms with van der Waals surface area (Å²) in [4.78, 5) is 0. The third-order valence-corrected chi connectivity index (χ3v) is 0.774. The predicted molar refractivity (Wildman–Crippen MR) is 28.8 cm³/mol. The minimum absolute atomic E-state index is 0.129. The van der Waals surface area contributed by atoms with Crippen LogP contribution in [-0.4, -0.2) is 5.25 Å². The molecule has 0 aliphatic rings. The second-order valence-corrected chi connectivity index (χ2v) is 2.07. The van der Waals surface area contributed by atoms with Crippen molar-refractivity contribution in [3.8, 4) is 0 Å². The molecule has 0 amide bonds. The maximum atomic E-state index is 11.6. The molecule has 0 saturated heterocycles. The zero-order valence-corrected chi connectivity index (χ0v) is 5.01. The molecule has 0 rings (SSSR count). The molecule has 0 radical (unpaired) electrons. The van der Waals surface area contributed by atoms with E-state index >= 15 is 0 Å². The second kappa shape index (κ2) is 2.50. The molecule has 7 heavy (non-hydrogen) atoms. The Morgan fingerprint density at radius 3 is 2.00 bits per heavy atom. The third-order valence-electron chi connectivity index (χ3n) is 0.551. The number of hydrogen-bond acceptors (Lipinski definition) is 1. The van der Waals surface area contributed by atoms with Gasteiger partial charge in [0.05, 0.1) is 0 Å². The summed E-state index contributed by atoms with van der Waals surface area (Å²) >= 11 is 3.00. The number of hydrogen-bond donors (Lipinski definition) is 1. The highest BCUT2D eigenvalue weighted by atomic mass is 32.1. The van der Waals surface area contributed by atoms with Crippen LogP contribution in [0.15, 0.2) is 0 Å². The van der Waals surface area contributed by atoms with Crippen LogP contribution >= 0.6 is 12.6 Å². The number of thiol groups is 1. The summed E-state index contributed by atoms with van der Waals surface area (Å²) in [6.07, 6.45) is 0.354. The van der Waals surface area contributed by atoms with Crippen molar-refractivity contribution in [3.63, 3.8) is 0 Å². The van der Waals surface area contributed by atoms with Gasteiger partial charge in [-0.05, 0) is 6.42 Å². The van der Waals surface area contributed by atoms with E-state index in [1.165, 1.54) is 0 Å². The molecule has 0 spiro atoms. The quantitative estimate of drug-likeness (QED) is 0.539. The van der Waals surface area contributed by atoms with Gasteiger partial charge in [-0.15, -0.1) is 12.6 Å². The summed E-state index contributed by atoms with van der Waals surface area (Å²) in [6.45, 7) is 1.70. The van der Waals surface area contributed by atoms with Crippen molar-refractivity contribution < 1.29 is 8.78 Å². The highest BCUT2D eigenvalue weighted by molar-refractivity contribution is 7.81. The molecule has 0 aliphatic carbocycles. The molecule has 3 heteroatoms. The van der Waals surface area contributed by atoms with E-state index in [1.807, 2.05) is 0 Å². The van der Waals surface area contributed by atoms with Crippen LogP contribution in [0.4, 0.5) is 8.78 Å². The van der Waals surface area contributed by atoms with Gasteiger partial charge in [-0.1, -0.05) is 6.92 Å². The average molecular weight is 126 g/mol. The lowest BCUT2D eigenvalue weighted by atomic mass is 10.3. The first-order valence-electron chi connectivity index (χ1n) is 2.16. The molecule has 0 heterocycles. The maximum absolute atomic E-state index is 11.6. The maximum Gasteiger partial charge on any atom is 0.291 e. The highest BCUT2D eigenvalue weighted by Crippen LogP contribution is 2.23. The van der Waals surface area contributed by atoms with Crippen LogP contribution in [0.5, 0.6) is 0 Å². The number of halogens is 2. The zero-order chi connectivity index (χ0) is 5.91. The molecule has 44 valence electrons. The first-order valence-corrected chi connectivity index (χ1v) is 2.61. The summed E-state index contributed by atoms with van der Waals surface area (Å²) in [5, 5.41) is -2.76. The summed E-state index contributed by atoms with van der Waals surface area (Å²) in [6, 6.07) is 0. The van der Waals surface area contributed by atoms with Crippen LogP contribution < -0.4 is 0 Å².